The van der Waals surface area contributed by atoms with Crippen LogP contribution in [0, 0.1) is 17.9 Å². The molecule has 0 amide bonds. The molecule has 0 saturated carbocycles. The number of hydrogen-bond donors (Lipinski definition) is 0. The van der Waals surface area contributed by atoms with Gasteiger partial charge in [0.05, 0.1) is 27.7 Å². The van der Waals surface area contributed by atoms with Crippen LogP contribution in [0.5, 0.6) is 5.75 Å². The van der Waals surface area contributed by atoms with E-state index in [1.54, 1.807) is 6.07 Å². The van der Waals surface area contributed by atoms with Gasteiger partial charge in [-0.05, 0) is 35.9 Å². The fourth-order valence-electron chi connectivity index (χ4n) is 1.73. The molecule has 126 valence electrons. The first kappa shape index (κ1) is 19.1. The van der Waals surface area contributed by atoms with Gasteiger partial charge in [-0.15, -0.1) is 0 Å². The highest BCUT2D eigenvalue weighted by Gasteiger charge is 2.22. The van der Waals surface area contributed by atoms with Crippen LogP contribution in [0.3, 0.4) is 0 Å². The van der Waals surface area contributed by atoms with Gasteiger partial charge in [0.25, 0.3) is 5.70 Å². The summed E-state index contributed by atoms with van der Waals surface area (Å²) >= 11 is 17.5. The topological polar surface area (TPSA) is 71.5 Å². The lowest BCUT2D eigenvalue weighted by Gasteiger charge is -2.09. The van der Waals surface area contributed by atoms with Gasteiger partial charge in [-0.3, -0.25) is 0 Å². The highest BCUT2D eigenvalue weighted by Crippen LogP contribution is 2.33. The van der Waals surface area contributed by atoms with E-state index in [0.29, 0.717) is 5.56 Å². The molecule has 2 aromatic carbocycles. The number of nitriles is 1. The zero-order valence-corrected chi connectivity index (χ0v) is 15.3. The van der Waals surface area contributed by atoms with Gasteiger partial charge in [0.1, 0.15) is 10.6 Å². The van der Waals surface area contributed by atoms with E-state index in [9.17, 15) is 8.42 Å². The minimum Gasteiger partial charge on any atom is -0.379 e. The van der Waals surface area contributed by atoms with Crippen LogP contribution < -0.4 is 4.18 Å². The van der Waals surface area contributed by atoms with E-state index in [1.807, 2.05) is 0 Å². The van der Waals surface area contributed by atoms with Crippen molar-refractivity contribution in [2.75, 3.05) is 0 Å². The van der Waals surface area contributed by atoms with Crippen LogP contribution in [-0.2, 0) is 10.1 Å². The molecule has 0 fully saturated rings. The lowest BCUT2D eigenvalue weighted by molar-refractivity contribution is 0.486. The van der Waals surface area contributed by atoms with E-state index in [4.69, 9.17) is 50.8 Å². The van der Waals surface area contributed by atoms with Crippen LogP contribution >= 0.6 is 34.8 Å². The van der Waals surface area contributed by atoms with Gasteiger partial charge in [-0.25, -0.2) is 10.1 Å². The Morgan fingerprint density at radius 2 is 1.72 bits per heavy atom. The maximum Gasteiger partial charge on any atom is 0.340 e. The Morgan fingerprint density at radius 1 is 1.12 bits per heavy atom. The molecule has 0 atom stereocenters. The maximum atomic E-state index is 12.3. The van der Waals surface area contributed by atoms with Crippen molar-refractivity contribution in [2.24, 2.45) is 0 Å². The zero-order valence-electron chi connectivity index (χ0n) is 12.2. The minimum absolute atomic E-state index is 0.0249. The third kappa shape index (κ3) is 4.66. The summed E-state index contributed by atoms with van der Waals surface area (Å²) in [7, 11) is -4.22. The highest BCUT2D eigenvalue weighted by atomic mass is 35.5. The summed E-state index contributed by atoms with van der Waals surface area (Å²) in [6.45, 7) is 6.81. The number of nitrogens with zero attached hydrogens (tertiary/aromatic N) is 2. The third-order valence-corrected chi connectivity index (χ3v) is 5.30. The van der Waals surface area contributed by atoms with Gasteiger partial charge in [-0.1, -0.05) is 46.9 Å². The van der Waals surface area contributed by atoms with Gasteiger partial charge in [-0.2, -0.15) is 8.42 Å². The lowest BCUT2D eigenvalue weighted by Crippen LogP contribution is -2.10. The molecule has 25 heavy (non-hydrogen) atoms. The van der Waals surface area contributed by atoms with E-state index in [-0.39, 0.29) is 31.4 Å². The molecule has 9 heteroatoms. The fraction of sp³-hybridized carbons (Fsp3) is 0. The summed E-state index contributed by atoms with van der Waals surface area (Å²) in [5, 5.41) is 8.74. The van der Waals surface area contributed by atoms with Crippen molar-refractivity contribution in [3.8, 4) is 11.8 Å². The molecular weight excluding hydrogens is 407 g/mol. The molecule has 0 spiro atoms. The van der Waals surface area contributed by atoms with Crippen molar-refractivity contribution in [1.29, 1.82) is 5.26 Å². The molecule has 0 heterocycles. The SMILES string of the molecule is [C-]#[N+]/C(C#N)=C\c1ccc(OS(=O)(=O)c2cc(Cl)c(Cl)cc2Cl)cc1. The van der Waals surface area contributed by atoms with Crippen LogP contribution in [-0.4, -0.2) is 8.42 Å². The van der Waals surface area contributed by atoms with Crippen molar-refractivity contribution >= 4 is 51.0 Å². The van der Waals surface area contributed by atoms with Crippen LogP contribution in [0.25, 0.3) is 10.9 Å². The number of hydrogen-bond acceptors (Lipinski definition) is 4. The van der Waals surface area contributed by atoms with Crippen molar-refractivity contribution < 1.29 is 12.6 Å². The number of rotatable bonds is 4. The summed E-state index contributed by atoms with van der Waals surface area (Å²) in [6, 6.07) is 9.82. The van der Waals surface area contributed by atoms with Crippen molar-refractivity contribution in [2.45, 2.75) is 4.90 Å². The second-order valence-electron chi connectivity index (χ2n) is 4.56. The Hall–Kier alpha value is -2.22. The summed E-state index contributed by atoms with van der Waals surface area (Å²) in [5.74, 6) is 0.0283. The van der Waals surface area contributed by atoms with Crippen LogP contribution in [0.2, 0.25) is 15.1 Å². The van der Waals surface area contributed by atoms with E-state index in [1.165, 1.54) is 36.4 Å². The first-order valence-corrected chi connectivity index (χ1v) is 8.99. The molecule has 5 nitrogen and oxygen atoms in total. The summed E-state index contributed by atoms with van der Waals surface area (Å²) < 4.78 is 29.7. The average Bonchev–Trinajstić information content (AvgIpc) is 2.57. The molecule has 0 bridgehead atoms. The van der Waals surface area contributed by atoms with Gasteiger partial charge >= 0.3 is 10.1 Å². The second kappa shape index (κ2) is 7.77. The van der Waals surface area contributed by atoms with Gasteiger partial charge < -0.3 is 4.18 Å². The van der Waals surface area contributed by atoms with E-state index >= 15 is 0 Å². The predicted molar refractivity (Wildman–Crippen MR) is 95.9 cm³/mol. The highest BCUT2D eigenvalue weighted by molar-refractivity contribution is 7.87. The zero-order chi connectivity index (χ0) is 18.6. The molecule has 0 N–H and O–H groups in total. The normalized spacial score (nSPS) is 11.5. The molecule has 0 aliphatic carbocycles. The van der Waals surface area contributed by atoms with E-state index in [2.05, 4.69) is 4.85 Å². The fourth-order valence-corrected chi connectivity index (χ4v) is 3.64. The van der Waals surface area contributed by atoms with E-state index in [0.717, 1.165) is 6.07 Å². The first-order valence-electron chi connectivity index (χ1n) is 6.45. The Bertz CT molecular complexity index is 1020. The molecule has 2 rings (SSSR count). The van der Waals surface area contributed by atoms with Crippen molar-refractivity contribution in [3.05, 3.63) is 74.1 Å². The third-order valence-electron chi connectivity index (χ3n) is 2.87. The summed E-state index contributed by atoms with van der Waals surface area (Å²) in [5.41, 5.74) is 0.453. The lowest BCUT2D eigenvalue weighted by atomic mass is 10.2. The predicted octanol–water partition coefficient (Wildman–Crippen LogP) is 5.20. The largest absolute Gasteiger partial charge is 0.379 e. The molecule has 0 aliphatic rings. The smallest absolute Gasteiger partial charge is 0.340 e. The molecule has 2 aromatic rings. The molecule has 0 saturated heterocycles. The average molecular weight is 414 g/mol. The Balaban J connectivity index is 2.31. The molecule has 0 unspecified atom stereocenters. The maximum absolute atomic E-state index is 12.3. The molecule has 0 aromatic heterocycles. The van der Waals surface area contributed by atoms with Crippen LogP contribution in [0.4, 0.5) is 0 Å². The Morgan fingerprint density at radius 3 is 2.28 bits per heavy atom. The van der Waals surface area contributed by atoms with Crippen LogP contribution in [0.1, 0.15) is 5.56 Å². The second-order valence-corrected chi connectivity index (χ2v) is 7.29. The van der Waals surface area contributed by atoms with E-state index < -0.39 is 10.1 Å². The van der Waals surface area contributed by atoms with Gasteiger partial charge in [0, 0.05) is 0 Å². The number of allylic oxidation sites excluding steroid dienone is 1. The standard InChI is InChI=1S/C16H7Cl3N2O3S/c1-21-11(9-20)6-10-2-4-12(5-3-10)24-25(22,23)16-8-14(18)13(17)7-15(16)19/h2-8H/b11-6-. The van der Waals surface area contributed by atoms with Crippen molar-refractivity contribution in [1.82, 2.24) is 0 Å². The Kier molecular flexibility index (Phi) is 5.94. The minimum atomic E-state index is -4.22. The molecule has 0 aliphatic heterocycles. The molecular formula is C16H7Cl3N2O3S. The number of halogens is 3. The summed E-state index contributed by atoms with van der Waals surface area (Å²) in [6.07, 6.45) is 1.36. The van der Waals surface area contributed by atoms with Crippen LogP contribution in [0.15, 0.2) is 47.0 Å². The summed E-state index contributed by atoms with van der Waals surface area (Å²) in [4.78, 5) is 2.72. The quantitative estimate of drug-likeness (QED) is 0.299. The van der Waals surface area contributed by atoms with Crippen molar-refractivity contribution in [3.63, 3.8) is 0 Å². The molecule has 0 radical (unpaired) electrons. The van der Waals surface area contributed by atoms with Gasteiger partial charge in [0.15, 0.2) is 0 Å². The van der Waals surface area contributed by atoms with Gasteiger partial charge in [0.2, 0.25) is 0 Å². The number of benzene rings is 2. The Labute approximate surface area is 159 Å². The monoisotopic (exact) mass is 412 g/mol. The first-order chi connectivity index (χ1) is 11.8.